The van der Waals surface area contributed by atoms with Crippen molar-refractivity contribution in [2.75, 3.05) is 6.54 Å². The van der Waals surface area contributed by atoms with Crippen LogP contribution >= 0.6 is 0 Å². The number of carbonyl (C=O) groups is 1. The number of hydrogen-bond acceptors (Lipinski definition) is 3. The third-order valence-electron chi connectivity index (χ3n) is 0.808. The van der Waals surface area contributed by atoms with Crippen LogP contribution in [-0.4, -0.2) is 29.0 Å². The Morgan fingerprint density at radius 2 is 2.33 bits per heavy atom. The summed E-state index contributed by atoms with van der Waals surface area (Å²) >= 11 is 0. The number of hydrogen-bond donors (Lipinski definition) is 3. The predicted molar refractivity (Wildman–Crippen MR) is 31.9 cm³/mol. The Bertz CT molecular complexity index is 94.2. The predicted octanol–water partition coefficient (Wildman–Crippen LogP) is -0.611. The second kappa shape index (κ2) is 4.29. The van der Waals surface area contributed by atoms with Crippen molar-refractivity contribution in [3.05, 3.63) is 0 Å². The fraction of sp³-hybridized carbons (Fsp3) is 0.800. The van der Waals surface area contributed by atoms with E-state index in [1.54, 1.807) is 6.92 Å². The molecule has 3 N–H and O–H groups in total. The molecule has 0 rings (SSSR count). The van der Waals surface area contributed by atoms with Gasteiger partial charge in [0.25, 0.3) is 0 Å². The molecule has 0 aromatic heterocycles. The van der Waals surface area contributed by atoms with E-state index in [0.717, 1.165) is 0 Å². The van der Waals surface area contributed by atoms with E-state index in [9.17, 15) is 4.79 Å². The Balaban J connectivity index is 3.26. The van der Waals surface area contributed by atoms with Crippen LogP contribution in [0.25, 0.3) is 0 Å². The second-order valence-corrected chi connectivity index (χ2v) is 1.67. The molecule has 0 spiro atoms. The zero-order valence-corrected chi connectivity index (χ0v) is 5.29. The van der Waals surface area contributed by atoms with Crippen LogP contribution < -0.4 is 5.32 Å². The number of carboxylic acid groups (broad SMARTS) is 1. The fourth-order valence-electron chi connectivity index (χ4n) is 0.473. The van der Waals surface area contributed by atoms with Crippen LogP contribution in [0.5, 0.6) is 0 Å². The number of carboxylic acids is 1. The summed E-state index contributed by atoms with van der Waals surface area (Å²) in [6.45, 7) is 2.37. The lowest BCUT2D eigenvalue weighted by Gasteiger charge is -2.06. The highest BCUT2D eigenvalue weighted by atomic mass is 16.4. The maximum Gasteiger partial charge on any atom is 0.307 e. The Morgan fingerprint density at radius 1 is 1.78 bits per heavy atom. The van der Waals surface area contributed by atoms with Crippen molar-refractivity contribution in [2.45, 2.75) is 19.6 Å². The minimum absolute atomic E-state index is 0.242. The van der Waals surface area contributed by atoms with Crippen LogP contribution in [0.4, 0.5) is 0 Å². The number of nitrogens with one attached hydrogen (secondary N) is 1. The summed E-state index contributed by atoms with van der Waals surface area (Å²) in [5.74, 6) is -0.997. The maximum absolute atomic E-state index is 9.88. The first-order chi connectivity index (χ1) is 4.16. The summed E-state index contributed by atoms with van der Waals surface area (Å²) in [6.07, 6.45) is -1.15. The first kappa shape index (κ1) is 8.39. The Hall–Kier alpha value is -0.610. The van der Waals surface area contributed by atoms with Crippen molar-refractivity contribution in [3.63, 3.8) is 0 Å². The first-order valence-electron chi connectivity index (χ1n) is 2.80. The van der Waals surface area contributed by atoms with Crippen molar-refractivity contribution < 1.29 is 15.0 Å². The third kappa shape index (κ3) is 5.26. The first-order valence-corrected chi connectivity index (χ1v) is 2.80. The fourth-order valence-corrected chi connectivity index (χ4v) is 0.473. The van der Waals surface area contributed by atoms with E-state index in [-0.39, 0.29) is 6.42 Å². The van der Waals surface area contributed by atoms with Gasteiger partial charge in [-0.2, -0.15) is 0 Å². The van der Waals surface area contributed by atoms with E-state index in [1.807, 2.05) is 0 Å². The highest BCUT2D eigenvalue weighted by Crippen LogP contribution is 1.84. The molecule has 1 unspecified atom stereocenters. The molecule has 0 aromatic carbocycles. The highest BCUT2D eigenvalue weighted by molar-refractivity contribution is 5.67. The Morgan fingerprint density at radius 3 is 2.67 bits per heavy atom. The SMILES string of the molecule is CCNC(O)CC(=O)O. The quantitative estimate of drug-likeness (QED) is 0.447. The summed E-state index contributed by atoms with van der Waals surface area (Å²) < 4.78 is 0. The number of aliphatic carboxylic acids is 1. The van der Waals surface area contributed by atoms with Crippen molar-refractivity contribution in [2.24, 2.45) is 0 Å². The van der Waals surface area contributed by atoms with Gasteiger partial charge < -0.3 is 10.2 Å². The monoisotopic (exact) mass is 133 g/mol. The molecule has 0 aliphatic rings. The molecule has 0 aromatic rings. The van der Waals surface area contributed by atoms with Crippen LogP contribution in [0.1, 0.15) is 13.3 Å². The lowest BCUT2D eigenvalue weighted by molar-refractivity contribution is -0.139. The molecule has 4 nitrogen and oxygen atoms in total. The third-order valence-corrected chi connectivity index (χ3v) is 0.808. The van der Waals surface area contributed by atoms with Crippen LogP contribution in [-0.2, 0) is 4.79 Å². The molecule has 9 heavy (non-hydrogen) atoms. The largest absolute Gasteiger partial charge is 0.481 e. The molecule has 0 fully saturated rings. The molecule has 0 heterocycles. The highest BCUT2D eigenvalue weighted by Gasteiger charge is 2.05. The van der Waals surface area contributed by atoms with Crippen molar-refractivity contribution in [1.82, 2.24) is 5.32 Å². The van der Waals surface area contributed by atoms with Gasteiger partial charge in [-0.05, 0) is 6.54 Å². The van der Waals surface area contributed by atoms with Crippen molar-refractivity contribution in [1.29, 1.82) is 0 Å². The molecule has 4 heteroatoms. The summed E-state index contributed by atoms with van der Waals surface area (Å²) in [7, 11) is 0. The standard InChI is InChI=1S/C5H11NO3/c1-2-6-4(7)3-5(8)9/h4,6-7H,2-3H2,1H3,(H,8,9). The molecule has 0 aliphatic carbocycles. The Kier molecular flexibility index (Phi) is 4.00. The van der Waals surface area contributed by atoms with Crippen LogP contribution in [0.15, 0.2) is 0 Å². The Labute approximate surface area is 53.5 Å². The molecule has 0 radical (unpaired) electrons. The van der Waals surface area contributed by atoms with Gasteiger partial charge >= 0.3 is 5.97 Å². The number of rotatable bonds is 4. The maximum atomic E-state index is 9.88. The van der Waals surface area contributed by atoms with Crippen molar-refractivity contribution >= 4 is 5.97 Å². The normalized spacial score (nSPS) is 13.1. The van der Waals surface area contributed by atoms with Crippen LogP contribution in [0, 0.1) is 0 Å². The van der Waals surface area contributed by atoms with Gasteiger partial charge in [0.05, 0.1) is 6.42 Å². The number of aliphatic hydroxyl groups excluding tert-OH is 1. The number of aliphatic hydroxyl groups is 1. The van der Waals surface area contributed by atoms with Gasteiger partial charge in [0.15, 0.2) is 0 Å². The molecular formula is C5H11NO3. The van der Waals surface area contributed by atoms with Gasteiger partial charge in [-0.25, -0.2) is 0 Å². The van der Waals surface area contributed by atoms with Gasteiger partial charge in [0.2, 0.25) is 0 Å². The molecule has 54 valence electrons. The van der Waals surface area contributed by atoms with E-state index in [1.165, 1.54) is 0 Å². The molecule has 0 saturated heterocycles. The van der Waals surface area contributed by atoms with E-state index >= 15 is 0 Å². The van der Waals surface area contributed by atoms with Crippen molar-refractivity contribution in [3.8, 4) is 0 Å². The van der Waals surface area contributed by atoms with Crippen LogP contribution in [0.2, 0.25) is 0 Å². The zero-order chi connectivity index (χ0) is 7.28. The van der Waals surface area contributed by atoms with E-state index < -0.39 is 12.2 Å². The zero-order valence-electron chi connectivity index (χ0n) is 5.29. The molecule has 0 bridgehead atoms. The lowest BCUT2D eigenvalue weighted by atomic mass is 10.4. The lowest BCUT2D eigenvalue weighted by Crippen LogP contribution is -2.30. The van der Waals surface area contributed by atoms with Gasteiger partial charge in [0.1, 0.15) is 6.23 Å². The van der Waals surface area contributed by atoms with Gasteiger partial charge in [-0.15, -0.1) is 0 Å². The van der Waals surface area contributed by atoms with Crippen LogP contribution in [0.3, 0.4) is 0 Å². The minimum atomic E-state index is -0.997. The second-order valence-electron chi connectivity index (χ2n) is 1.67. The van der Waals surface area contributed by atoms with Gasteiger partial charge in [0, 0.05) is 0 Å². The summed E-state index contributed by atoms with van der Waals surface area (Å²) in [5.41, 5.74) is 0. The van der Waals surface area contributed by atoms with E-state index in [4.69, 9.17) is 10.2 Å². The van der Waals surface area contributed by atoms with Gasteiger partial charge in [-0.3, -0.25) is 10.1 Å². The summed E-state index contributed by atoms with van der Waals surface area (Å²) in [5, 5.41) is 19.4. The molecule has 0 aliphatic heterocycles. The average molecular weight is 133 g/mol. The summed E-state index contributed by atoms with van der Waals surface area (Å²) in [6, 6.07) is 0. The topological polar surface area (TPSA) is 69.6 Å². The minimum Gasteiger partial charge on any atom is -0.481 e. The summed E-state index contributed by atoms with van der Waals surface area (Å²) in [4.78, 5) is 9.88. The van der Waals surface area contributed by atoms with E-state index in [0.29, 0.717) is 6.54 Å². The average Bonchev–Trinajstić information content (AvgIpc) is 1.63. The molecule has 0 saturated carbocycles. The molecule has 0 amide bonds. The van der Waals surface area contributed by atoms with E-state index in [2.05, 4.69) is 5.32 Å². The van der Waals surface area contributed by atoms with Gasteiger partial charge in [-0.1, -0.05) is 6.92 Å². The smallest absolute Gasteiger partial charge is 0.307 e. The molecule has 1 atom stereocenters. The molecular weight excluding hydrogens is 122 g/mol.